The summed E-state index contributed by atoms with van der Waals surface area (Å²) in [5.41, 5.74) is 0.271. The lowest BCUT2D eigenvalue weighted by Crippen LogP contribution is -2.36. The van der Waals surface area contributed by atoms with Crippen molar-refractivity contribution in [2.75, 3.05) is 20.3 Å². The molecular weight excluding hydrogens is 372 g/mol. The lowest BCUT2D eigenvalue weighted by Gasteiger charge is -2.15. The molecule has 1 aromatic heterocycles. The first-order chi connectivity index (χ1) is 12.9. The Labute approximate surface area is 163 Å². The number of carbonyl (C=O) groups excluding carboxylic acids is 2. The second-order valence-electron chi connectivity index (χ2n) is 6.23. The van der Waals surface area contributed by atoms with Crippen molar-refractivity contribution in [3.05, 3.63) is 46.9 Å². The molecular formula is C19H23ClN2O5. The zero-order valence-corrected chi connectivity index (χ0v) is 16.3. The van der Waals surface area contributed by atoms with Crippen LogP contribution in [0.4, 0.5) is 0 Å². The van der Waals surface area contributed by atoms with E-state index >= 15 is 0 Å². The zero-order valence-electron chi connectivity index (χ0n) is 15.5. The number of hydrogen-bond donors (Lipinski definition) is 2. The summed E-state index contributed by atoms with van der Waals surface area (Å²) in [4.78, 5) is 24.1. The van der Waals surface area contributed by atoms with E-state index in [9.17, 15) is 9.59 Å². The number of hydrogen-bond acceptors (Lipinski definition) is 5. The average Bonchev–Trinajstić information content (AvgIpc) is 3.16. The van der Waals surface area contributed by atoms with Gasteiger partial charge >= 0.3 is 0 Å². The minimum Gasteiger partial charge on any atom is -0.493 e. The Morgan fingerprint density at radius 3 is 2.67 bits per heavy atom. The molecule has 146 valence electrons. The van der Waals surface area contributed by atoms with Crippen molar-refractivity contribution in [3.8, 4) is 11.5 Å². The Morgan fingerprint density at radius 1 is 1.26 bits per heavy atom. The van der Waals surface area contributed by atoms with Gasteiger partial charge in [-0.25, -0.2) is 0 Å². The maximum Gasteiger partial charge on any atom is 0.251 e. The highest BCUT2D eigenvalue weighted by Gasteiger charge is 2.17. The van der Waals surface area contributed by atoms with E-state index in [0.717, 1.165) is 0 Å². The maximum atomic E-state index is 12.3. The number of carbonyl (C=O) groups is 2. The summed E-state index contributed by atoms with van der Waals surface area (Å²) in [6.45, 7) is 4.57. The summed E-state index contributed by atoms with van der Waals surface area (Å²) >= 11 is 6.24. The molecule has 2 rings (SSSR count). The molecule has 0 spiro atoms. The molecule has 0 aliphatic heterocycles. The Hall–Kier alpha value is -2.67. The highest BCUT2D eigenvalue weighted by molar-refractivity contribution is 6.32. The van der Waals surface area contributed by atoms with Crippen LogP contribution in [-0.2, 0) is 11.3 Å². The summed E-state index contributed by atoms with van der Waals surface area (Å²) in [5, 5.41) is 5.45. The fourth-order valence-corrected chi connectivity index (χ4v) is 2.43. The van der Waals surface area contributed by atoms with Crippen LogP contribution in [0.15, 0.2) is 34.9 Å². The van der Waals surface area contributed by atoms with Crippen LogP contribution >= 0.6 is 11.6 Å². The third-order valence-electron chi connectivity index (χ3n) is 3.50. The van der Waals surface area contributed by atoms with E-state index in [1.807, 2.05) is 13.8 Å². The van der Waals surface area contributed by atoms with Gasteiger partial charge < -0.3 is 24.5 Å². The molecule has 27 heavy (non-hydrogen) atoms. The standard InChI is InChI=1S/C19H23ClN2O5/c1-12(2)11-27-18-15(20)7-13(8-16(18)25-3)19(24)22-10-17(23)21-9-14-5-4-6-26-14/h4-8,12H,9-11H2,1-3H3,(H,21,23)(H,22,24). The summed E-state index contributed by atoms with van der Waals surface area (Å²) < 4.78 is 16.1. The molecule has 0 saturated carbocycles. The number of benzene rings is 1. The molecule has 1 aromatic carbocycles. The third-order valence-corrected chi connectivity index (χ3v) is 3.78. The van der Waals surface area contributed by atoms with Crippen molar-refractivity contribution in [2.45, 2.75) is 20.4 Å². The van der Waals surface area contributed by atoms with Crippen LogP contribution < -0.4 is 20.1 Å². The Bertz CT molecular complexity index is 775. The van der Waals surface area contributed by atoms with Crippen LogP contribution in [0.1, 0.15) is 30.0 Å². The number of rotatable bonds is 9. The third kappa shape index (κ3) is 6.21. The van der Waals surface area contributed by atoms with Crippen molar-refractivity contribution in [2.24, 2.45) is 5.92 Å². The number of halogens is 1. The largest absolute Gasteiger partial charge is 0.493 e. The highest BCUT2D eigenvalue weighted by atomic mass is 35.5. The molecule has 0 radical (unpaired) electrons. The van der Waals surface area contributed by atoms with E-state index < -0.39 is 5.91 Å². The van der Waals surface area contributed by atoms with Gasteiger partial charge in [0.1, 0.15) is 5.76 Å². The van der Waals surface area contributed by atoms with Crippen molar-refractivity contribution in [1.29, 1.82) is 0 Å². The maximum absolute atomic E-state index is 12.3. The molecule has 0 bridgehead atoms. The van der Waals surface area contributed by atoms with Gasteiger partial charge in [0.15, 0.2) is 11.5 Å². The van der Waals surface area contributed by atoms with Gasteiger partial charge in [0.2, 0.25) is 5.91 Å². The summed E-state index contributed by atoms with van der Waals surface area (Å²) in [7, 11) is 1.47. The van der Waals surface area contributed by atoms with Gasteiger partial charge in [-0.05, 0) is 30.2 Å². The number of ether oxygens (including phenoxy) is 2. The van der Waals surface area contributed by atoms with Crippen LogP contribution in [0.5, 0.6) is 11.5 Å². The van der Waals surface area contributed by atoms with Crippen molar-refractivity contribution < 1.29 is 23.5 Å². The van der Waals surface area contributed by atoms with Gasteiger partial charge in [-0.15, -0.1) is 0 Å². The predicted octanol–water partition coefficient (Wildman–Crippen LogP) is 3.02. The van der Waals surface area contributed by atoms with Gasteiger partial charge in [-0.3, -0.25) is 9.59 Å². The number of nitrogens with one attached hydrogen (secondary N) is 2. The number of methoxy groups -OCH3 is 1. The molecule has 0 saturated heterocycles. The molecule has 0 atom stereocenters. The summed E-state index contributed by atoms with van der Waals surface area (Å²) in [5.74, 6) is 0.904. The topological polar surface area (TPSA) is 89.8 Å². The van der Waals surface area contributed by atoms with Gasteiger partial charge in [-0.1, -0.05) is 25.4 Å². The van der Waals surface area contributed by atoms with E-state index in [1.54, 1.807) is 12.1 Å². The molecule has 0 fully saturated rings. The lowest BCUT2D eigenvalue weighted by atomic mass is 10.1. The molecule has 7 nitrogen and oxygen atoms in total. The molecule has 0 unspecified atom stereocenters. The van der Waals surface area contributed by atoms with E-state index in [2.05, 4.69) is 10.6 Å². The summed E-state index contributed by atoms with van der Waals surface area (Å²) in [6, 6.07) is 6.48. The second-order valence-corrected chi connectivity index (χ2v) is 6.64. The van der Waals surface area contributed by atoms with Gasteiger partial charge in [0.05, 0.1) is 38.1 Å². The molecule has 0 aliphatic carbocycles. The van der Waals surface area contributed by atoms with E-state index in [1.165, 1.54) is 25.5 Å². The highest BCUT2D eigenvalue weighted by Crippen LogP contribution is 2.36. The summed E-state index contributed by atoms with van der Waals surface area (Å²) in [6.07, 6.45) is 1.52. The minimum absolute atomic E-state index is 0.176. The Morgan fingerprint density at radius 2 is 2.04 bits per heavy atom. The first-order valence-electron chi connectivity index (χ1n) is 8.48. The smallest absolute Gasteiger partial charge is 0.251 e. The monoisotopic (exact) mass is 394 g/mol. The number of amides is 2. The fraction of sp³-hybridized carbons (Fsp3) is 0.368. The second kappa shape index (κ2) is 9.87. The molecule has 2 N–H and O–H groups in total. The quantitative estimate of drug-likeness (QED) is 0.682. The van der Waals surface area contributed by atoms with Gasteiger partial charge in [0.25, 0.3) is 5.91 Å². The lowest BCUT2D eigenvalue weighted by molar-refractivity contribution is -0.120. The molecule has 1 heterocycles. The van der Waals surface area contributed by atoms with Crippen molar-refractivity contribution >= 4 is 23.4 Å². The van der Waals surface area contributed by atoms with Crippen molar-refractivity contribution in [1.82, 2.24) is 10.6 Å². The SMILES string of the molecule is COc1cc(C(=O)NCC(=O)NCc2ccco2)cc(Cl)c1OCC(C)C. The van der Waals surface area contributed by atoms with Gasteiger partial charge in [0, 0.05) is 5.56 Å². The van der Waals surface area contributed by atoms with E-state index in [4.69, 9.17) is 25.5 Å². The van der Waals surface area contributed by atoms with E-state index in [-0.39, 0.29) is 29.6 Å². The fourth-order valence-electron chi connectivity index (χ4n) is 2.16. The van der Waals surface area contributed by atoms with Crippen LogP contribution in [-0.4, -0.2) is 32.1 Å². The predicted molar refractivity (Wildman–Crippen MR) is 101 cm³/mol. The molecule has 2 amide bonds. The first kappa shape index (κ1) is 20.6. The Balaban J connectivity index is 1.94. The molecule has 0 aliphatic rings. The van der Waals surface area contributed by atoms with E-state index in [0.29, 0.717) is 29.8 Å². The molecule has 8 heteroatoms. The normalized spacial score (nSPS) is 10.6. The first-order valence-corrected chi connectivity index (χ1v) is 8.86. The van der Waals surface area contributed by atoms with Crippen LogP contribution in [0.25, 0.3) is 0 Å². The van der Waals surface area contributed by atoms with Crippen LogP contribution in [0.2, 0.25) is 5.02 Å². The number of furan rings is 1. The zero-order chi connectivity index (χ0) is 19.8. The van der Waals surface area contributed by atoms with Gasteiger partial charge in [-0.2, -0.15) is 0 Å². The van der Waals surface area contributed by atoms with Crippen molar-refractivity contribution in [3.63, 3.8) is 0 Å². The Kier molecular flexibility index (Phi) is 7.55. The van der Waals surface area contributed by atoms with Crippen LogP contribution in [0, 0.1) is 5.92 Å². The minimum atomic E-state index is -0.446. The molecule has 2 aromatic rings. The average molecular weight is 395 g/mol. The van der Waals surface area contributed by atoms with Crippen LogP contribution in [0.3, 0.4) is 0 Å².